The molecule has 3 N–H and O–H groups in total. The van der Waals surface area contributed by atoms with Crippen LogP contribution >= 0.6 is 11.8 Å². The third kappa shape index (κ3) is 2.79. The zero-order valence-corrected chi connectivity index (χ0v) is 9.79. The minimum absolute atomic E-state index is 0.110. The molecule has 88 valence electrons. The second kappa shape index (κ2) is 4.92. The van der Waals surface area contributed by atoms with Crippen molar-refractivity contribution in [2.45, 2.75) is 4.90 Å². The lowest BCUT2D eigenvalue weighted by atomic mass is 10.3. The number of rotatable bonds is 4. The lowest BCUT2D eigenvalue weighted by Crippen LogP contribution is -2.16. The van der Waals surface area contributed by atoms with Crippen molar-refractivity contribution < 1.29 is 9.53 Å². The number of carbonyl (C=O) groups excluding carboxylic acids is 1. The minimum atomic E-state index is -0.884. The number of primary amides is 1. The SMILES string of the molecule is C=CCSc1ccc2[nH]c(OC(N)=O)nc2c1. The maximum atomic E-state index is 10.6. The van der Waals surface area contributed by atoms with Gasteiger partial charge in [-0.15, -0.1) is 18.3 Å². The molecule has 0 aliphatic carbocycles. The number of thioether (sulfide) groups is 1. The van der Waals surface area contributed by atoms with Crippen molar-refractivity contribution in [3.63, 3.8) is 0 Å². The van der Waals surface area contributed by atoms with E-state index in [0.29, 0.717) is 0 Å². The van der Waals surface area contributed by atoms with Gasteiger partial charge in [-0.1, -0.05) is 6.08 Å². The Kier molecular flexibility index (Phi) is 3.34. The van der Waals surface area contributed by atoms with Crippen LogP contribution in [0, 0.1) is 0 Å². The summed E-state index contributed by atoms with van der Waals surface area (Å²) in [5, 5.41) is 0. The monoisotopic (exact) mass is 249 g/mol. The van der Waals surface area contributed by atoms with Crippen molar-refractivity contribution in [3.05, 3.63) is 30.9 Å². The molecule has 17 heavy (non-hydrogen) atoms. The molecule has 0 radical (unpaired) electrons. The zero-order valence-electron chi connectivity index (χ0n) is 8.97. The van der Waals surface area contributed by atoms with E-state index < -0.39 is 6.09 Å². The topological polar surface area (TPSA) is 81.0 Å². The Morgan fingerprint density at radius 2 is 2.47 bits per heavy atom. The second-order valence-electron chi connectivity index (χ2n) is 3.24. The van der Waals surface area contributed by atoms with Gasteiger partial charge >= 0.3 is 12.1 Å². The number of nitrogens with zero attached hydrogens (tertiary/aromatic N) is 1. The van der Waals surface area contributed by atoms with Crippen LogP contribution in [0.5, 0.6) is 6.01 Å². The first-order chi connectivity index (χ1) is 8.19. The van der Waals surface area contributed by atoms with E-state index in [2.05, 4.69) is 21.3 Å². The van der Waals surface area contributed by atoms with Crippen LogP contribution in [-0.4, -0.2) is 21.8 Å². The smallest absolute Gasteiger partial charge is 0.376 e. The fourth-order valence-electron chi connectivity index (χ4n) is 1.35. The number of aromatic amines is 1. The number of hydrogen-bond donors (Lipinski definition) is 2. The normalized spacial score (nSPS) is 10.4. The first-order valence-corrected chi connectivity index (χ1v) is 5.88. The summed E-state index contributed by atoms with van der Waals surface area (Å²) in [6, 6.07) is 5.86. The molecule has 6 heteroatoms. The van der Waals surface area contributed by atoms with E-state index in [1.807, 2.05) is 24.3 Å². The number of amides is 1. The Labute approximate surface area is 102 Å². The number of imidazole rings is 1. The first kappa shape index (κ1) is 11.5. The van der Waals surface area contributed by atoms with E-state index in [1.165, 1.54) is 0 Å². The van der Waals surface area contributed by atoms with E-state index in [9.17, 15) is 4.79 Å². The molecular formula is C11H11N3O2S. The molecule has 0 unspecified atom stereocenters. The van der Waals surface area contributed by atoms with Crippen LogP contribution in [-0.2, 0) is 0 Å². The highest BCUT2D eigenvalue weighted by Crippen LogP contribution is 2.23. The van der Waals surface area contributed by atoms with Crippen LogP contribution in [0.15, 0.2) is 35.7 Å². The van der Waals surface area contributed by atoms with Gasteiger partial charge in [-0.25, -0.2) is 4.79 Å². The molecule has 0 spiro atoms. The third-order valence-electron chi connectivity index (χ3n) is 2.00. The molecule has 1 amide bonds. The highest BCUT2D eigenvalue weighted by atomic mass is 32.2. The van der Waals surface area contributed by atoms with Gasteiger partial charge in [-0.3, -0.25) is 0 Å². The Hall–Kier alpha value is -1.95. The van der Waals surface area contributed by atoms with Crippen LogP contribution < -0.4 is 10.5 Å². The molecule has 0 atom stereocenters. The lowest BCUT2D eigenvalue weighted by Gasteiger charge is -1.96. The van der Waals surface area contributed by atoms with Crippen molar-refractivity contribution in [2.75, 3.05) is 5.75 Å². The Morgan fingerprint density at radius 1 is 1.65 bits per heavy atom. The average molecular weight is 249 g/mol. The number of nitrogens with one attached hydrogen (secondary N) is 1. The first-order valence-electron chi connectivity index (χ1n) is 4.90. The summed E-state index contributed by atoms with van der Waals surface area (Å²) in [7, 11) is 0. The van der Waals surface area contributed by atoms with Crippen molar-refractivity contribution >= 4 is 28.9 Å². The number of hydrogen-bond acceptors (Lipinski definition) is 4. The molecule has 0 bridgehead atoms. The van der Waals surface area contributed by atoms with Crippen molar-refractivity contribution in [2.24, 2.45) is 5.73 Å². The van der Waals surface area contributed by atoms with Crippen LogP contribution in [0.25, 0.3) is 11.0 Å². The van der Waals surface area contributed by atoms with Gasteiger partial charge in [0, 0.05) is 10.6 Å². The summed E-state index contributed by atoms with van der Waals surface area (Å²) < 4.78 is 4.67. The molecule has 5 nitrogen and oxygen atoms in total. The third-order valence-corrected chi connectivity index (χ3v) is 2.99. The van der Waals surface area contributed by atoms with Crippen LogP contribution in [0.2, 0.25) is 0 Å². The quantitative estimate of drug-likeness (QED) is 0.643. The molecule has 1 aromatic carbocycles. The number of aromatic nitrogens is 2. The van der Waals surface area contributed by atoms with Gasteiger partial charge in [0.2, 0.25) is 0 Å². The summed E-state index contributed by atoms with van der Waals surface area (Å²) in [6.45, 7) is 3.66. The largest absolute Gasteiger partial charge is 0.412 e. The Bertz CT molecular complexity index is 565. The van der Waals surface area contributed by atoms with E-state index in [0.717, 1.165) is 21.7 Å². The summed E-state index contributed by atoms with van der Waals surface area (Å²) in [5.41, 5.74) is 6.43. The molecule has 0 saturated heterocycles. The average Bonchev–Trinajstić information content (AvgIpc) is 2.66. The van der Waals surface area contributed by atoms with Crippen molar-refractivity contribution in [1.82, 2.24) is 9.97 Å². The number of benzene rings is 1. The van der Waals surface area contributed by atoms with Crippen LogP contribution in [0.4, 0.5) is 4.79 Å². The van der Waals surface area contributed by atoms with Crippen LogP contribution in [0.1, 0.15) is 0 Å². The van der Waals surface area contributed by atoms with Crippen molar-refractivity contribution in [1.29, 1.82) is 0 Å². The lowest BCUT2D eigenvalue weighted by molar-refractivity contribution is 0.207. The molecule has 2 aromatic rings. The maximum Gasteiger partial charge on any atom is 0.412 e. The van der Waals surface area contributed by atoms with Gasteiger partial charge in [-0.05, 0) is 18.2 Å². The predicted octanol–water partition coefficient (Wildman–Crippen LogP) is 2.30. The Balaban J connectivity index is 2.27. The van der Waals surface area contributed by atoms with E-state index in [1.54, 1.807) is 11.8 Å². The number of nitrogens with two attached hydrogens (primary N) is 1. The summed E-state index contributed by atoms with van der Waals surface area (Å²) in [4.78, 5) is 18.6. The van der Waals surface area contributed by atoms with Gasteiger partial charge in [0.15, 0.2) is 0 Å². The van der Waals surface area contributed by atoms with E-state index in [-0.39, 0.29) is 6.01 Å². The molecule has 0 saturated carbocycles. The minimum Gasteiger partial charge on any atom is -0.376 e. The summed E-state index contributed by atoms with van der Waals surface area (Å²) in [6.07, 6.45) is 0.950. The standard InChI is InChI=1S/C11H11N3O2S/c1-2-5-17-7-3-4-8-9(6-7)14-11(13-8)16-10(12)15/h2-4,6H,1,5H2,(H2,12,15)(H,13,14). The number of ether oxygens (including phenoxy) is 1. The van der Waals surface area contributed by atoms with Gasteiger partial charge in [0.1, 0.15) is 0 Å². The zero-order chi connectivity index (χ0) is 12.3. The Morgan fingerprint density at radius 3 is 3.18 bits per heavy atom. The molecule has 2 rings (SSSR count). The van der Waals surface area contributed by atoms with Crippen LogP contribution in [0.3, 0.4) is 0 Å². The molecule has 0 fully saturated rings. The molecular weight excluding hydrogens is 238 g/mol. The highest BCUT2D eigenvalue weighted by molar-refractivity contribution is 7.99. The number of carbonyl (C=O) groups is 1. The fraction of sp³-hybridized carbons (Fsp3) is 0.0909. The molecule has 0 aliphatic rings. The maximum absolute atomic E-state index is 10.6. The van der Waals surface area contributed by atoms with Gasteiger partial charge in [0.25, 0.3) is 0 Å². The van der Waals surface area contributed by atoms with Crippen molar-refractivity contribution in [3.8, 4) is 6.01 Å². The summed E-state index contributed by atoms with van der Waals surface area (Å²) in [5.74, 6) is 0.834. The summed E-state index contributed by atoms with van der Waals surface area (Å²) >= 11 is 1.65. The van der Waals surface area contributed by atoms with E-state index >= 15 is 0 Å². The molecule has 1 heterocycles. The second-order valence-corrected chi connectivity index (χ2v) is 4.34. The number of fused-ring (bicyclic) bond motifs is 1. The van der Waals surface area contributed by atoms with Gasteiger partial charge < -0.3 is 15.5 Å². The van der Waals surface area contributed by atoms with Gasteiger partial charge in [0.05, 0.1) is 11.0 Å². The number of H-pyrrole nitrogens is 1. The molecule has 1 aromatic heterocycles. The van der Waals surface area contributed by atoms with E-state index in [4.69, 9.17) is 5.73 Å². The fourth-order valence-corrected chi connectivity index (χ4v) is 2.02. The van der Waals surface area contributed by atoms with Gasteiger partial charge in [-0.2, -0.15) is 4.98 Å². The molecule has 0 aliphatic heterocycles. The predicted molar refractivity (Wildman–Crippen MR) is 67.2 cm³/mol. The highest BCUT2D eigenvalue weighted by Gasteiger charge is 2.06.